The molecule has 0 saturated heterocycles. The summed E-state index contributed by atoms with van der Waals surface area (Å²) < 4.78 is 294. The van der Waals surface area contributed by atoms with Gasteiger partial charge in [-0.2, -0.15) is 0 Å². The maximum atomic E-state index is 15.4. The number of isocyanates is 1. The van der Waals surface area contributed by atoms with Crippen molar-refractivity contribution in [1.29, 1.82) is 0 Å². The molecule has 0 unspecified atom stereocenters. The van der Waals surface area contributed by atoms with E-state index in [0.29, 0.717) is 6.08 Å². The molecule has 2 aliphatic carbocycles. The summed E-state index contributed by atoms with van der Waals surface area (Å²) in [6.45, 7) is 24.0. The Balaban J connectivity index is 0.000000799. The van der Waals surface area contributed by atoms with Crippen LogP contribution in [0.2, 0.25) is 0 Å². The van der Waals surface area contributed by atoms with Gasteiger partial charge in [0.15, 0.2) is 69.8 Å². The van der Waals surface area contributed by atoms with Gasteiger partial charge in [0.25, 0.3) is 0 Å². The first-order valence-corrected chi connectivity index (χ1v) is 20.5. The molecule has 0 heterocycles. The number of hydrogen-bond acceptors (Lipinski definition) is 1. The zero-order valence-electron chi connectivity index (χ0n) is 38.2. The second-order valence-electron chi connectivity index (χ2n) is 17.5. The zero-order chi connectivity index (χ0) is 52.8. The molecule has 4 aromatic rings. The van der Waals surface area contributed by atoms with Crippen molar-refractivity contribution < 1.29 is 120 Å². The van der Waals surface area contributed by atoms with Gasteiger partial charge < -0.3 is 10.9 Å². The average molecular weight is 1200 g/mol. The van der Waals surface area contributed by atoms with Gasteiger partial charge in [-0.1, -0.05) is 69.2 Å². The normalized spacial score (nSPS) is 23.7. The van der Waals surface area contributed by atoms with E-state index >= 15 is 35.1 Å². The maximum absolute atomic E-state index is 15.4. The minimum absolute atomic E-state index is 0. The summed E-state index contributed by atoms with van der Waals surface area (Å²) in [6.07, 6.45) is -6.72. The molecule has 2 aliphatic rings. The predicted molar refractivity (Wildman–Crippen MR) is 214 cm³/mol. The smallest absolute Gasteiger partial charge is 0.200 e. The molecule has 6 rings (SSSR count). The SMILES string of the molecule is CC1C(C)C(C)C(C)C1C.CC1C(C)C(C)C(C)C1C.Fc1c(F)c(F)c([B-](c2c(F)c(F)c(F)c(F)c2F)(c2c(F)c(F)c(F)c(F)c2F)c2c(F)c(F)c(F)c(F)c2F)c(F)c1F.O.[N-]=C=O.[Ta]. The van der Waals surface area contributed by atoms with Gasteiger partial charge in [-0.05, 0) is 65.3 Å². The van der Waals surface area contributed by atoms with E-state index in [4.69, 9.17) is 10.2 Å². The molecule has 0 aromatic heterocycles. The molecule has 25 heteroatoms. The Labute approximate surface area is 403 Å². The third kappa shape index (κ3) is 10.3. The van der Waals surface area contributed by atoms with Gasteiger partial charge in [0, 0.05) is 22.4 Å². The number of nitrogens with zero attached hydrogens (tertiary/aromatic N) is 1. The van der Waals surface area contributed by atoms with Crippen LogP contribution in [0.1, 0.15) is 69.2 Å². The molecule has 0 aliphatic heterocycles. The number of rotatable bonds is 4. The minimum Gasteiger partial charge on any atom is -0.724 e. The topological polar surface area (TPSA) is 70.9 Å². The molecule has 4 aromatic carbocycles. The fourth-order valence-electron chi connectivity index (χ4n) is 9.66. The van der Waals surface area contributed by atoms with Gasteiger partial charge in [0.05, 0.1) is 0 Å². The Morgan fingerprint density at radius 2 is 0.343 bits per heavy atom. The third-order valence-electron chi connectivity index (χ3n) is 15.0. The quantitative estimate of drug-likeness (QED) is 0.0501. The summed E-state index contributed by atoms with van der Waals surface area (Å²) >= 11 is 0. The van der Waals surface area contributed by atoms with E-state index in [9.17, 15) is 52.7 Å². The molecule has 0 atom stereocenters. The van der Waals surface area contributed by atoms with Crippen LogP contribution in [0, 0.1) is 176 Å². The molecule has 70 heavy (non-hydrogen) atoms. The first kappa shape index (κ1) is 63.6. The Morgan fingerprint density at radius 3 is 0.429 bits per heavy atom. The molecule has 389 valence electrons. The predicted octanol–water partition coefficient (Wildman–Crippen LogP) is 11.3. The molecular formula is C45H42BF20NO2Ta-2. The molecular weight excluding hydrogens is 1160 g/mol. The van der Waals surface area contributed by atoms with Crippen molar-refractivity contribution in [2.24, 2.45) is 59.2 Å². The van der Waals surface area contributed by atoms with E-state index in [2.05, 4.69) is 69.2 Å². The van der Waals surface area contributed by atoms with Gasteiger partial charge in [-0.15, -0.1) is 21.9 Å². The average Bonchev–Trinajstić information content (AvgIpc) is 3.58. The summed E-state index contributed by atoms with van der Waals surface area (Å²) in [7, 11) is 0. The van der Waals surface area contributed by atoms with Gasteiger partial charge in [0.1, 0.15) is 52.7 Å². The minimum atomic E-state index is -7.22. The van der Waals surface area contributed by atoms with Gasteiger partial charge in [-0.3, -0.25) is 4.79 Å². The van der Waals surface area contributed by atoms with Gasteiger partial charge >= 0.3 is 0 Å². The van der Waals surface area contributed by atoms with Gasteiger partial charge in [0.2, 0.25) is 0 Å². The van der Waals surface area contributed by atoms with Crippen LogP contribution in [0.3, 0.4) is 0 Å². The molecule has 2 fully saturated rings. The van der Waals surface area contributed by atoms with Crippen LogP contribution in [-0.4, -0.2) is 17.7 Å². The summed E-state index contributed by atoms with van der Waals surface area (Å²) in [4.78, 5) is 8.24. The largest absolute Gasteiger partial charge is 0.724 e. The zero-order valence-corrected chi connectivity index (χ0v) is 41.4. The standard InChI is InChI=1S/C24BF20.2C10H20.CNO.H2O.Ta/c26-5-1(6(27)14(35)21(42)13(5)34)25(2-7(28)15(36)22(43)16(37)8(2)29,3-9(30)17(38)23(44)18(39)10(3)31)4-11(32)19(40)24(45)20(41)12(4)33;2*1-6-7(2)9(4)10(5)8(6)3;2-1-3;;/h;2*6-10H,1-5H3;;1H2;/q-1;;;-1;;. The van der Waals surface area contributed by atoms with Crippen LogP contribution in [0.4, 0.5) is 87.8 Å². The monoisotopic (exact) mass is 1200 g/mol. The van der Waals surface area contributed by atoms with Crippen LogP contribution in [0.15, 0.2) is 0 Å². The van der Waals surface area contributed by atoms with Gasteiger partial charge in [-0.25, -0.2) is 87.8 Å². The van der Waals surface area contributed by atoms with Crippen molar-refractivity contribution in [3.05, 3.63) is 122 Å². The number of hydrogen-bond donors (Lipinski definition) is 0. The molecule has 3 nitrogen and oxygen atoms in total. The van der Waals surface area contributed by atoms with E-state index < -0.39 is 144 Å². The second-order valence-corrected chi connectivity index (χ2v) is 17.5. The van der Waals surface area contributed by atoms with Crippen LogP contribution in [0.25, 0.3) is 5.41 Å². The second kappa shape index (κ2) is 23.9. The fourth-order valence-corrected chi connectivity index (χ4v) is 9.66. The third-order valence-corrected chi connectivity index (χ3v) is 15.0. The van der Waals surface area contributed by atoms with Crippen LogP contribution in [0.5, 0.6) is 0 Å². The Kier molecular flexibility index (Phi) is 21.7. The molecule has 2 N–H and O–H groups in total. The van der Waals surface area contributed by atoms with E-state index in [1.165, 1.54) is 0 Å². The first-order chi connectivity index (χ1) is 31.2. The number of benzene rings is 4. The molecule has 0 spiro atoms. The van der Waals surface area contributed by atoms with E-state index in [0.717, 1.165) is 59.2 Å². The van der Waals surface area contributed by atoms with Crippen molar-refractivity contribution in [3.8, 4) is 0 Å². The molecule has 0 amide bonds. The maximum Gasteiger partial charge on any atom is 0.200 e. The van der Waals surface area contributed by atoms with Crippen molar-refractivity contribution in [1.82, 2.24) is 0 Å². The molecule has 0 bridgehead atoms. The first-order valence-electron chi connectivity index (χ1n) is 20.5. The molecule has 2 saturated carbocycles. The Bertz CT molecular complexity index is 2110. The van der Waals surface area contributed by atoms with Crippen LogP contribution >= 0.6 is 0 Å². The van der Waals surface area contributed by atoms with E-state index in [1.54, 1.807) is 0 Å². The fraction of sp³-hybridized carbons (Fsp3) is 0.444. The number of carbonyl (C=O) groups excluding carboxylic acids is 1. The van der Waals surface area contributed by atoms with Crippen molar-refractivity contribution in [3.63, 3.8) is 0 Å². The van der Waals surface area contributed by atoms with Crippen molar-refractivity contribution in [2.45, 2.75) is 69.2 Å². The Morgan fingerprint density at radius 1 is 0.271 bits per heavy atom. The van der Waals surface area contributed by atoms with Crippen LogP contribution in [-0.2, 0) is 27.2 Å². The summed E-state index contributed by atoms with van der Waals surface area (Å²) in [5.74, 6) is -62.1. The van der Waals surface area contributed by atoms with Crippen molar-refractivity contribution >= 4 is 34.1 Å². The summed E-state index contributed by atoms with van der Waals surface area (Å²) in [5, 5.41) is 6.76. The molecule has 1 radical (unpaired) electrons. The number of halogens is 20. The van der Waals surface area contributed by atoms with E-state index in [1.807, 2.05) is 0 Å². The van der Waals surface area contributed by atoms with E-state index in [-0.39, 0.29) is 27.9 Å². The van der Waals surface area contributed by atoms with Crippen molar-refractivity contribution in [2.75, 3.05) is 0 Å². The Hall–Kier alpha value is -4.37. The summed E-state index contributed by atoms with van der Waals surface area (Å²) in [5.41, 5.74) is -14.3. The summed E-state index contributed by atoms with van der Waals surface area (Å²) in [6, 6.07) is 0. The van der Waals surface area contributed by atoms with Crippen LogP contribution < -0.4 is 21.9 Å².